The summed E-state index contributed by atoms with van der Waals surface area (Å²) in [5, 5.41) is 8.77. The second-order valence-corrected chi connectivity index (χ2v) is 4.04. The number of carboxylic acid groups (broad SMARTS) is 1. The second kappa shape index (κ2) is 3.15. The molecule has 2 rings (SSSR count). The van der Waals surface area contributed by atoms with E-state index in [1.165, 1.54) is 4.90 Å². The number of piperazine rings is 1. The van der Waals surface area contributed by atoms with Gasteiger partial charge in [0.1, 0.15) is 6.54 Å². The number of hydrogen-bond donors (Lipinski definition) is 1. The van der Waals surface area contributed by atoms with Gasteiger partial charge in [-0.05, 0) is 19.8 Å². The number of rotatable bonds is 1. The molecule has 1 heterocycles. The Kier molecular flexibility index (Phi) is 2.09. The lowest BCUT2D eigenvalue weighted by atomic mass is 10.2. The maximum Gasteiger partial charge on any atom is 0.407 e. The van der Waals surface area contributed by atoms with Gasteiger partial charge in [0, 0.05) is 18.6 Å². The zero-order valence-corrected chi connectivity index (χ0v) is 8.14. The Balaban J connectivity index is 2.05. The van der Waals surface area contributed by atoms with Crippen LogP contribution in [0.3, 0.4) is 0 Å². The third-order valence-electron chi connectivity index (χ3n) is 2.78. The molecule has 5 heteroatoms. The average Bonchev–Trinajstić information content (AvgIpc) is 2.86. The molecule has 1 saturated carbocycles. The number of amides is 2. The second-order valence-electron chi connectivity index (χ2n) is 4.04. The average molecular weight is 198 g/mol. The van der Waals surface area contributed by atoms with Gasteiger partial charge in [0.15, 0.2) is 0 Å². The summed E-state index contributed by atoms with van der Waals surface area (Å²) in [6.45, 7) is 2.37. The Labute approximate surface area is 82.3 Å². The van der Waals surface area contributed by atoms with E-state index in [9.17, 15) is 9.59 Å². The highest BCUT2D eigenvalue weighted by Gasteiger charge is 2.40. The van der Waals surface area contributed by atoms with Gasteiger partial charge in [0.2, 0.25) is 5.91 Å². The molecule has 2 fully saturated rings. The monoisotopic (exact) mass is 198 g/mol. The number of carbonyl (C=O) groups excluding carboxylic acids is 1. The molecule has 2 amide bonds. The fraction of sp³-hybridized carbons (Fsp3) is 0.778. The first-order valence-corrected chi connectivity index (χ1v) is 4.88. The van der Waals surface area contributed by atoms with Crippen LogP contribution >= 0.6 is 0 Å². The van der Waals surface area contributed by atoms with E-state index in [4.69, 9.17) is 5.11 Å². The summed E-state index contributed by atoms with van der Waals surface area (Å²) in [4.78, 5) is 25.3. The smallest absolute Gasteiger partial charge is 0.407 e. The highest BCUT2D eigenvalue weighted by atomic mass is 16.4. The maximum atomic E-state index is 11.6. The summed E-state index contributed by atoms with van der Waals surface area (Å²) in [5.74, 6) is -0.0475. The SMILES string of the molecule is C[C@H]1CN(C(=O)O)CC(=O)N1C1CC1. The van der Waals surface area contributed by atoms with Gasteiger partial charge in [-0.2, -0.15) is 0 Å². The van der Waals surface area contributed by atoms with Gasteiger partial charge in [-0.15, -0.1) is 0 Å². The third kappa shape index (κ3) is 1.54. The van der Waals surface area contributed by atoms with Gasteiger partial charge in [0.05, 0.1) is 0 Å². The molecule has 0 bridgehead atoms. The lowest BCUT2D eigenvalue weighted by molar-refractivity contribution is -0.139. The van der Waals surface area contributed by atoms with Crippen molar-refractivity contribution in [3.8, 4) is 0 Å². The van der Waals surface area contributed by atoms with E-state index >= 15 is 0 Å². The molecule has 0 aromatic heterocycles. The van der Waals surface area contributed by atoms with Crippen LogP contribution in [-0.4, -0.2) is 52.1 Å². The van der Waals surface area contributed by atoms with Gasteiger partial charge in [-0.25, -0.2) is 4.79 Å². The fourth-order valence-electron chi connectivity index (χ4n) is 2.02. The van der Waals surface area contributed by atoms with Crippen LogP contribution in [0.15, 0.2) is 0 Å². The first-order valence-electron chi connectivity index (χ1n) is 4.88. The minimum Gasteiger partial charge on any atom is -0.465 e. The summed E-state index contributed by atoms with van der Waals surface area (Å²) in [7, 11) is 0. The predicted octanol–water partition coefficient (Wildman–Crippen LogP) is 0.359. The predicted molar refractivity (Wildman–Crippen MR) is 48.9 cm³/mol. The van der Waals surface area contributed by atoms with E-state index in [1.54, 1.807) is 0 Å². The van der Waals surface area contributed by atoms with Crippen molar-refractivity contribution < 1.29 is 14.7 Å². The van der Waals surface area contributed by atoms with Crippen LogP contribution in [0.25, 0.3) is 0 Å². The number of nitrogens with zero attached hydrogens (tertiary/aromatic N) is 2. The van der Waals surface area contributed by atoms with E-state index < -0.39 is 6.09 Å². The lowest BCUT2D eigenvalue weighted by Crippen LogP contribution is -2.57. The van der Waals surface area contributed by atoms with Gasteiger partial charge >= 0.3 is 6.09 Å². The topological polar surface area (TPSA) is 60.9 Å². The van der Waals surface area contributed by atoms with Crippen molar-refractivity contribution in [1.29, 1.82) is 0 Å². The molecular formula is C9H14N2O3. The molecule has 0 aromatic carbocycles. The van der Waals surface area contributed by atoms with E-state index in [-0.39, 0.29) is 18.5 Å². The molecule has 2 aliphatic rings. The van der Waals surface area contributed by atoms with Crippen molar-refractivity contribution in [1.82, 2.24) is 9.80 Å². The van der Waals surface area contributed by atoms with Crippen molar-refractivity contribution in [3.05, 3.63) is 0 Å². The Morgan fingerprint density at radius 2 is 2.14 bits per heavy atom. The molecule has 0 radical (unpaired) electrons. The van der Waals surface area contributed by atoms with Crippen LogP contribution in [0.4, 0.5) is 4.79 Å². The minimum absolute atomic E-state index is 0.0240. The normalized spacial score (nSPS) is 28.1. The Hall–Kier alpha value is -1.26. The highest BCUT2D eigenvalue weighted by molar-refractivity contribution is 5.84. The zero-order chi connectivity index (χ0) is 10.3. The molecule has 1 atom stereocenters. The zero-order valence-electron chi connectivity index (χ0n) is 8.14. The molecule has 5 nitrogen and oxygen atoms in total. The molecular weight excluding hydrogens is 184 g/mol. The van der Waals surface area contributed by atoms with Gasteiger partial charge in [0.25, 0.3) is 0 Å². The summed E-state index contributed by atoms with van der Waals surface area (Å²) in [6, 6.07) is 0.410. The molecule has 0 aromatic rings. The van der Waals surface area contributed by atoms with Gasteiger partial charge < -0.3 is 10.0 Å². The van der Waals surface area contributed by atoms with Crippen LogP contribution in [0.1, 0.15) is 19.8 Å². The van der Waals surface area contributed by atoms with Crippen molar-refractivity contribution in [2.45, 2.75) is 31.8 Å². The van der Waals surface area contributed by atoms with Gasteiger partial charge in [-0.3, -0.25) is 9.69 Å². The molecule has 1 aliphatic carbocycles. The molecule has 0 spiro atoms. The quantitative estimate of drug-likeness (QED) is 0.661. The van der Waals surface area contributed by atoms with Crippen LogP contribution in [-0.2, 0) is 4.79 Å². The van der Waals surface area contributed by atoms with E-state index in [0.29, 0.717) is 12.6 Å². The van der Waals surface area contributed by atoms with E-state index in [1.807, 2.05) is 11.8 Å². The Bertz CT molecular complexity index is 275. The molecule has 0 unspecified atom stereocenters. The van der Waals surface area contributed by atoms with Crippen LogP contribution in [0.2, 0.25) is 0 Å². The molecule has 78 valence electrons. The standard InChI is InChI=1S/C9H14N2O3/c1-6-4-10(9(13)14)5-8(12)11(6)7-2-3-7/h6-7H,2-5H2,1H3,(H,13,14)/t6-/m0/s1. The third-order valence-corrected chi connectivity index (χ3v) is 2.78. The van der Waals surface area contributed by atoms with Crippen molar-refractivity contribution in [2.75, 3.05) is 13.1 Å². The number of hydrogen-bond acceptors (Lipinski definition) is 2. The summed E-state index contributed by atoms with van der Waals surface area (Å²) in [6.07, 6.45) is 1.15. The van der Waals surface area contributed by atoms with Crippen LogP contribution < -0.4 is 0 Å². The Morgan fingerprint density at radius 3 is 2.57 bits per heavy atom. The van der Waals surface area contributed by atoms with Crippen molar-refractivity contribution in [2.24, 2.45) is 0 Å². The lowest BCUT2D eigenvalue weighted by Gasteiger charge is -2.38. The Morgan fingerprint density at radius 1 is 1.50 bits per heavy atom. The van der Waals surface area contributed by atoms with Crippen molar-refractivity contribution >= 4 is 12.0 Å². The molecule has 14 heavy (non-hydrogen) atoms. The molecule has 1 aliphatic heterocycles. The highest BCUT2D eigenvalue weighted by Crippen LogP contribution is 2.30. The summed E-state index contributed by atoms with van der Waals surface area (Å²) in [5.41, 5.74) is 0. The molecule has 1 saturated heterocycles. The summed E-state index contributed by atoms with van der Waals surface area (Å²) >= 11 is 0. The maximum absolute atomic E-state index is 11.6. The largest absolute Gasteiger partial charge is 0.465 e. The van der Waals surface area contributed by atoms with E-state index in [2.05, 4.69) is 0 Å². The molecule has 1 N–H and O–H groups in total. The van der Waals surface area contributed by atoms with Gasteiger partial charge in [-0.1, -0.05) is 0 Å². The van der Waals surface area contributed by atoms with Crippen LogP contribution in [0.5, 0.6) is 0 Å². The van der Waals surface area contributed by atoms with E-state index in [0.717, 1.165) is 12.8 Å². The fourth-order valence-corrected chi connectivity index (χ4v) is 2.02. The minimum atomic E-state index is -0.999. The first kappa shape index (κ1) is 9.30. The summed E-state index contributed by atoms with van der Waals surface area (Å²) < 4.78 is 0. The van der Waals surface area contributed by atoms with Crippen molar-refractivity contribution in [3.63, 3.8) is 0 Å². The number of carbonyl (C=O) groups is 2. The first-order chi connectivity index (χ1) is 6.59. The van der Waals surface area contributed by atoms with Crippen LogP contribution in [0, 0.1) is 0 Å².